The molecule has 0 saturated carbocycles. The molecule has 0 nitrogen and oxygen atoms in total. The summed E-state index contributed by atoms with van der Waals surface area (Å²) < 4.78 is 35.6. The molecule has 0 aliphatic rings. The summed E-state index contributed by atoms with van der Waals surface area (Å²) in [5.74, 6) is 0. The Kier molecular flexibility index (Phi) is 15.0. The zero-order chi connectivity index (χ0) is 7.61. The highest BCUT2D eigenvalue weighted by molar-refractivity contribution is 8.20. The summed E-state index contributed by atoms with van der Waals surface area (Å²) in [6.07, 6.45) is 0. The molecule has 1 aromatic rings. The van der Waals surface area contributed by atoms with Crippen molar-refractivity contribution < 1.29 is 25.8 Å². The van der Waals surface area contributed by atoms with Gasteiger partial charge in [0, 0.05) is 0 Å². The molecule has 0 heterocycles. The maximum Gasteiger partial charge on any atom is 0.237 e. The zero-order valence-corrected chi connectivity index (χ0v) is 8.19. The van der Waals surface area contributed by atoms with E-state index in [4.69, 9.17) is 0 Å². The maximum absolute atomic E-state index is 11.9. The Balaban J connectivity index is -0.000000125. The van der Waals surface area contributed by atoms with Crippen molar-refractivity contribution in [2.24, 2.45) is 0 Å². The van der Waals surface area contributed by atoms with Crippen molar-refractivity contribution in [3.05, 3.63) is 30.3 Å². The normalized spacial score (nSPS) is 9.36. The molecule has 0 aliphatic carbocycles. The van der Waals surface area contributed by atoms with Crippen molar-refractivity contribution in [2.45, 2.75) is 4.90 Å². The van der Waals surface area contributed by atoms with Crippen LogP contribution in [0.2, 0.25) is 0 Å². The molecule has 0 fully saturated rings. The average Bonchev–Trinajstić information content (AvgIpc) is 1.88. The molecule has 0 radical (unpaired) electrons. The highest BCUT2D eigenvalue weighted by Crippen LogP contribution is 2.60. The molecule has 0 saturated heterocycles. The smallest absolute Gasteiger partial charge is 0.237 e. The number of rotatable bonds is 1. The summed E-state index contributed by atoms with van der Waals surface area (Å²) in [5, 5.41) is 0. The first-order valence-corrected chi connectivity index (χ1v) is 3.91. The van der Waals surface area contributed by atoms with Gasteiger partial charge in [-0.25, -0.2) is 0 Å². The molecule has 0 aliphatic heterocycles. The van der Waals surface area contributed by atoms with Gasteiger partial charge in [-0.05, 0) is 12.1 Å². The van der Waals surface area contributed by atoms with Gasteiger partial charge in [0.15, 0.2) is 0 Å². The summed E-state index contributed by atoms with van der Waals surface area (Å²) >= 11 is -5.00. The summed E-state index contributed by atoms with van der Waals surface area (Å²) in [4.78, 5) is -0.519. The minimum absolute atomic E-state index is 0. The molecule has 0 atom stereocenters. The quantitative estimate of drug-likeness (QED) is 0.659. The fraction of sp³-hybridized carbons (Fsp3) is 0. The van der Waals surface area contributed by atoms with Gasteiger partial charge in [-0.2, -0.15) is 0 Å². The topological polar surface area (TPSA) is 0 Å². The van der Waals surface area contributed by atoms with E-state index < -0.39 is 16.1 Å². The Morgan fingerprint density at radius 3 is 1.36 bits per heavy atom. The molecule has 0 bridgehead atoms. The standard InChI is InChI=1S/C6H5F3S.ClH.3FH/c7-10(8,9)6-4-2-1-3-5-6;;;;/h1-5H;4*1H. The molecule has 0 aromatic heterocycles. The first-order chi connectivity index (χ1) is 4.61. The third kappa shape index (κ3) is 6.90. The van der Waals surface area contributed by atoms with Crippen LogP contribution in [0.3, 0.4) is 0 Å². The van der Waals surface area contributed by atoms with E-state index in [1.807, 2.05) is 0 Å². The van der Waals surface area contributed by atoms with Crippen molar-refractivity contribution in [2.75, 3.05) is 0 Å². The molecule has 0 unspecified atom stereocenters. The van der Waals surface area contributed by atoms with Crippen LogP contribution >= 0.6 is 23.6 Å². The Labute approximate surface area is 85.2 Å². The van der Waals surface area contributed by atoms with Crippen LogP contribution in [0.4, 0.5) is 25.8 Å². The Bertz CT molecular complexity index is 213. The van der Waals surface area contributed by atoms with E-state index in [1.165, 1.54) is 12.1 Å². The lowest BCUT2D eigenvalue weighted by atomic mass is 10.4. The van der Waals surface area contributed by atoms with Crippen LogP contribution in [0.5, 0.6) is 0 Å². The zero-order valence-electron chi connectivity index (χ0n) is 6.56. The fourth-order valence-electron chi connectivity index (χ4n) is 0.575. The van der Waals surface area contributed by atoms with Gasteiger partial charge in [0.05, 0.1) is 4.90 Å². The van der Waals surface area contributed by atoms with Crippen LogP contribution in [0.15, 0.2) is 35.2 Å². The molecule has 0 amide bonds. The second-order valence-corrected chi connectivity index (χ2v) is 3.00. The lowest BCUT2D eigenvalue weighted by molar-refractivity contribution is 0.633. The van der Waals surface area contributed by atoms with Gasteiger partial charge in [-0.1, -0.05) is 18.2 Å². The van der Waals surface area contributed by atoms with Gasteiger partial charge in [-0.3, -0.25) is 14.1 Å². The van der Waals surface area contributed by atoms with Gasteiger partial charge in [0.1, 0.15) is 0 Å². The minimum atomic E-state index is -5.00. The van der Waals surface area contributed by atoms with Gasteiger partial charge >= 0.3 is 0 Å². The highest BCUT2D eigenvalue weighted by atomic mass is 35.5. The number of benzene rings is 1. The van der Waals surface area contributed by atoms with Crippen molar-refractivity contribution in [3.8, 4) is 0 Å². The van der Waals surface area contributed by atoms with Crippen LogP contribution in [0.1, 0.15) is 0 Å². The largest absolute Gasteiger partial charge is 0.269 e. The minimum Gasteiger partial charge on any atom is -0.269 e. The molecule has 1 aromatic carbocycles. The van der Waals surface area contributed by atoms with Gasteiger partial charge in [0.2, 0.25) is 11.2 Å². The van der Waals surface area contributed by atoms with Gasteiger partial charge in [-0.15, -0.1) is 24.1 Å². The fourth-order valence-corrected chi connectivity index (χ4v) is 1.04. The molecular formula is C6H9ClF6S. The van der Waals surface area contributed by atoms with Crippen LogP contribution in [-0.4, -0.2) is 0 Å². The average molecular weight is 263 g/mol. The second-order valence-electron chi connectivity index (χ2n) is 1.72. The highest BCUT2D eigenvalue weighted by Gasteiger charge is 2.22. The molecule has 0 spiro atoms. The first-order valence-electron chi connectivity index (χ1n) is 2.58. The van der Waals surface area contributed by atoms with Crippen molar-refractivity contribution in [3.63, 3.8) is 0 Å². The van der Waals surface area contributed by atoms with E-state index in [0.717, 1.165) is 12.1 Å². The third-order valence-corrected chi connectivity index (χ3v) is 1.82. The summed E-state index contributed by atoms with van der Waals surface area (Å²) in [7, 11) is 0. The lowest BCUT2D eigenvalue weighted by Gasteiger charge is -2.07. The molecule has 8 heteroatoms. The van der Waals surface area contributed by atoms with E-state index in [2.05, 4.69) is 0 Å². The van der Waals surface area contributed by atoms with E-state index in [9.17, 15) is 11.7 Å². The molecule has 1 rings (SSSR count). The molecule has 88 valence electrons. The third-order valence-electron chi connectivity index (χ3n) is 1.01. The monoisotopic (exact) mass is 262 g/mol. The Morgan fingerprint density at radius 1 is 0.786 bits per heavy atom. The SMILES string of the molecule is Cl.F.F.F.FS(F)(F)c1ccccc1. The summed E-state index contributed by atoms with van der Waals surface area (Å²) in [6, 6.07) is 6.49. The number of halogens is 7. The van der Waals surface area contributed by atoms with Crippen LogP contribution in [-0.2, 0) is 0 Å². The molecule has 0 N–H and O–H groups in total. The summed E-state index contributed by atoms with van der Waals surface area (Å²) in [5.41, 5.74) is 0. The predicted octanol–water partition coefficient (Wildman–Crippen LogP) is 4.38. The van der Waals surface area contributed by atoms with E-state index in [1.54, 1.807) is 6.07 Å². The van der Waals surface area contributed by atoms with Crippen molar-refractivity contribution in [1.29, 1.82) is 0 Å². The van der Waals surface area contributed by atoms with Crippen LogP contribution in [0.25, 0.3) is 0 Å². The van der Waals surface area contributed by atoms with Crippen LogP contribution < -0.4 is 0 Å². The second kappa shape index (κ2) is 9.01. The summed E-state index contributed by atoms with van der Waals surface area (Å²) in [6.45, 7) is 0. The maximum atomic E-state index is 11.9. The van der Waals surface area contributed by atoms with E-state index in [-0.39, 0.29) is 26.5 Å². The lowest BCUT2D eigenvalue weighted by Crippen LogP contribution is -1.76. The van der Waals surface area contributed by atoms with Crippen molar-refractivity contribution >= 4 is 23.6 Å². The molecular weight excluding hydrogens is 254 g/mol. The van der Waals surface area contributed by atoms with E-state index >= 15 is 0 Å². The predicted molar refractivity (Wildman–Crippen MR) is 50.4 cm³/mol. The van der Waals surface area contributed by atoms with Gasteiger partial charge in [0.25, 0.3) is 0 Å². The van der Waals surface area contributed by atoms with Crippen molar-refractivity contribution in [1.82, 2.24) is 0 Å². The van der Waals surface area contributed by atoms with Crippen LogP contribution in [0, 0.1) is 0 Å². The Hall–Kier alpha value is -0.560. The molecule has 14 heavy (non-hydrogen) atoms. The van der Waals surface area contributed by atoms with E-state index in [0.29, 0.717) is 0 Å². The van der Waals surface area contributed by atoms with Gasteiger partial charge < -0.3 is 0 Å². The number of hydrogen-bond acceptors (Lipinski definition) is 0. The number of hydrogen-bond donors (Lipinski definition) is 0. The first kappa shape index (κ1) is 23.3. The Morgan fingerprint density at radius 2 is 1.14 bits per heavy atom.